The lowest BCUT2D eigenvalue weighted by molar-refractivity contribution is -0.386. The van der Waals surface area contributed by atoms with Gasteiger partial charge in [-0.05, 0) is 22.0 Å². The first-order valence-electron chi connectivity index (χ1n) is 5.17. The fraction of sp³-hybridized carbons (Fsp3) is 0. The summed E-state index contributed by atoms with van der Waals surface area (Å²) in [7, 11) is 0. The summed E-state index contributed by atoms with van der Waals surface area (Å²) in [4.78, 5) is 27.4. The molecule has 21 heavy (non-hydrogen) atoms. The number of nitro groups is 2. The van der Waals surface area contributed by atoms with Gasteiger partial charge in [0.15, 0.2) is 5.75 Å². The van der Waals surface area contributed by atoms with Crippen LogP contribution in [-0.4, -0.2) is 19.8 Å². The van der Waals surface area contributed by atoms with Crippen LogP contribution in [0.5, 0.6) is 11.6 Å². The number of rotatable bonds is 4. The van der Waals surface area contributed by atoms with E-state index in [1.165, 1.54) is 18.2 Å². The Morgan fingerprint density at radius 2 is 1.90 bits per heavy atom. The van der Waals surface area contributed by atoms with E-state index in [2.05, 4.69) is 25.9 Å². The SMILES string of the molecule is O=[N+]([O-])c1cccc(Oc2ncnc(Cl)c2[N+](=O)[O-])c1Br. The third-order valence-corrected chi connectivity index (χ3v) is 3.35. The molecule has 0 N–H and O–H groups in total. The highest BCUT2D eigenvalue weighted by Gasteiger charge is 2.25. The van der Waals surface area contributed by atoms with Crippen LogP contribution in [0.1, 0.15) is 0 Å². The Kier molecular flexibility index (Phi) is 4.29. The van der Waals surface area contributed by atoms with Crippen molar-refractivity contribution in [2.75, 3.05) is 0 Å². The monoisotopic (exact) mass is 374 g/mol. The number of nitrogens with zero attached hydrogens (tertiary/aromatic N) is 4. The van der Waals surface area contributed by atoms with Gasteiger partial charge in [-0.3, -0.25) is 20.2 Å². The third-order valence-electron chi connectivity index (χ3n) is 2.27. The number of hydrogen-bond acceptors (Lipinski definition) is 7. The molecule has 1 aromatic heterocycles. The van der Waals surface area contributed by atoms with Gasteiger partial charge in [-0.1, -0.05) is 17.7 Å². The Morgan fingerprint density at radius 3 is 2.52 bits per heavy atom. The molecule has 2 rings (SSSR count). The fourth-order valence-corrected chi connectivity index (χ4v) is 2.08. The first-order chi connectivity index (χ1) is 9.91. The Morgan fingerprint density at radius 1 is 1.19 bits per heavy atom. The fourth-order valence-electron chi connectivity index (χ4n) is 1.39. The second-order valence-electron chi connectivity index (χ2n) is 3.52. The molecule has 0 unspecified atom stereocenters. The van der Waals surface area contributed by atoms with Crippen molar-refractivity contribution >= 4 is 38.9 Å². The van der Waals surface area contributed by atoms with Crippen molar-refractivity contribution in [2.24, 2.45) is 0 Å². The van der Waals surface area contributed by atoms with E-state index in [9.17, 15) is 20.2 Å². The third kappa shape index (κ3) is 3.06. The molecule has 0 aliphatic rings. The van der Waals surface area contributed by atoms with E-state index >= 15 is 0 Å². The lowest BCUT2D eigenvalue weighted by Crippen LogP contribution is -1.99. The first kappa shape index (κ1) is 15.1. The highest BCUT2D eigenvalue weighted by molar-refractivity contribution is 9.10. The summed E-state index contributed by atoms with van der Waals surface area (Å²) in [6, 6.07) is 4.00. The van der Waals surface area contributed by atoms with Crippen molar-refractivity contribution < 1.29 is 14.6 Å². The first-order valence-corrected chi connectivity index (χ1v) is 6.34. The van der Waals surface area contributed by atoms with Gasteiger partial charge >= 0.3 is 11.6 Å². The summed E-state index contributed by atoms with van der Waals surface area (Å²) in [5.41, 5.74) is -0.882. The standard InChI is InChI=1S/C10H4BrClN4O5/c11-7-5(15(17)18)2-1-3-6(7)21-10-8(16(19)20)9(12)13-4-14-10/h1-4H. The van der Waals surface area contributed by atoms with E-state index in [1.807, 2.05) is 0 Å². The molecule has 0 saturated carbocycles. The van der Waals surface area contributed by atoms with Crippen LogP contribution in [0.2, 0.25) is 5.15 Å². The van der Waals surface area contributed by atoms with Crippen molar-refractivity contribution in [3.63, 3.8) is 0 Å². The van der Waals surface area contributed by atoms with E-state index in [0.717, 1.165) is 6.33 Å². The Bertz CT molecular complexity index is 741. The van der Waals surface area contributed by atoms with Gasteiger partial charge in [-0.2, -0.15) is 4.98 Å². The van der Waals surface area contributed by atoms with Crippen molar-refractivity contribution in [3.05, 3.63) is 54.4 Å². The summed E-state index contributed by atoms with van der Waals surface area (Å²) < 4.78 is 5.27. The smallest absolute Gasteiger partial charge is 0.368 e. The molecule has 108 valence electrons. The maximum atomic E-state index is 10.9. The molecule has 0 fully saturated rings. The van der Waals surface area contributed by atoms with E-state index < -0.39 is 26.6 Å². The molecule has 1 heterocycles. The van der Waals surface area contributed by atoms with Crippen LogP contribution in [0.4, 0.5) is 11.4 Å². The van der Waals surface area contributed by atoms with E-state index in [-0.39, 0.29) is 15.9 Å². The minimum absolute atomic E-state index is 0.0120. The lowest BCUT2D eigenvalue weighted by atomic mass is 10.3. The molecule has 0 amide bonds. The predicted molar refractivity (Wildman–Crippen MR) is 74.6 cm³/mol. The van der Waals surface area contributed by atoms with Crippen LogP contribution in [0, 0.1) is 20.2 Å². The zero-order valence-corrected chi connectivity index (χ0v) is 12.2. The molecule has 0 bridgehead atoms. The van der Waals surface area contributed by atoms with Gasteiger partial charge in [0.1, 0.15) is 10.8 Å². The maximum absolute atomic E-state index is 10.9. The number of nitro benzene ring substituents is 1. The number of ether oxygens (including phenoxy) is 1. The molecule has 0 spiro atoms. The predicted octanol–water partition coefficient (Wildman–Crippen LogP) is 3.50. The molecule has 2 aromatic rings. The zero-order valence-electron chi connectivity index (χ0n) is 9.90. The van der Waals surface area contributed by atoms with Crippen LogP contribution >= 0.6 is 27.5 Å². The van der Waals surface area contributed by atoms with Gasteiger partial charge < -0.3 is 4.74 Å². The number of halogens is 2. The van der Waals surface area contributed by atoms with Gasteiger partial charge in [-0.15, -0.1) is 0 Å². The van der Waals surface area contributed by atoms with Gasteiger partial charge in [-0.25, -0.2) is 4.98 Å². The van der Waals surface area contributed by atoms with Gasteiger partial charge in [0.05, 0.1) is 9.85 Å². The Labute approximate surface area is 130 Å². The van der Waals surface area contributed by atoms with E-state index in [0.29, 0.717) is 0 Å². The molecule has 0 aliphatic heterocycles. The normalized spacial score (nSPS) is 10.2. The molecule has 0 saturated heterocycles. The second-order valence-corrected chi connectivity index (χ2v) is 4.67. The van der Waals surface area contributed by atoms with Gasteiger partial charge in [0.25, 0.3) is 5.69 Å². The molecule has 0 aliphatic carbocycles. The van der Waals surface area contributed by atoms with E-state index in [4.69, 9.17) is 16.3 Å². The highest BCUT2D eigenvalue weighted by atomic mass is 79.9. The molecular formula is C10H4BrClN4O5. The highest BCUT2D eigenvalue weighted by Crippen LogP contribution is 2.39. The average Bonchev–Trinajstić information content (AvgIpc) is 2.40. The summed E-state index contributed by atoms with van der Waals surface area (Å²) in [5, 5.41) is 21.4. The minimum Gasteiger partial charge on any atom is -0.432 e. The van der Waals surface area contributed by atoms with Crippen molar-refractivity contribution in [3.8, 4) is 11.6 Å². The van der Waals surface area contributed by atoms with Crippen molar-refractivity contribution in [2.45, 2.75) is 0 Å². The zero-order chi connectivity index (χ0) is 15.6. The minimum atomic E-state index is -0.803. The summed E-state index contributed by atoms with van der Waals surface area (Å²) >= 11 is 8.63. The largest absolute Gasteiger partial charge is 0.432 e. The summed E-state index contributed by atoms with van der Waals surface area (Å²) in [6.07, 6.45) is 0.982. The molecule has 1 aromatic carbocycles. The maximum Gasteiger partial charge on any atom is 0.368 e. The number of benzene rings is 1. The van der Waals surface area contributed by atoms with E-state index in [1.54, 1.807) is 0 Å². The van der Waals surface area contributed by atoms with Gasteiger partial charge in [0.2, 0.25) is 5.15 Å². The van der Waals surface area contributed by atoms with Crippen molar-refractivity contribution in [1.82, 2.24) is 9.97 Å². The van der Waals surface area contributed by atoms with Crippen LogP contribution < -0.4 is 4.74 Å². The van der Waals surface area contributed by atoms with Crippen LogP contribution in [0.3, 0.4) is 0 Å². The Balaban J connectivity index is 2.49. The molecule has 0 radical (unpaired) electrons. The Hall–Kier alpha value is -2.33. The summed E-state index contributed by atoms with van der Waals surface area (Å²) in [5.74, 6) is -0.428. The lowest BCUT2D eigenvalue weighted by Gasteiger charge is -2.07. The second kappa shape index (κ2) is 5.97. The van der Waals surface area contributed by atoms with Crippen LogP contribution in [0.25, 0.3) is 0 Å². The average molecular weight is 376 g/mol. The van der Waals surface area contributed by atoms with Crippen molar-refractivity contribution in [1.29, 1.82) is 0 Å². The summed E-state index contributed by atoms with van der Waals surface area (Å²) in [6.45, 7) is 0. The quantitative estimate of drug-likeness (QED) is 0.455. The topological polar surface area (TPSA) is 121 Å². The van der Waals surface area contributed by atoms with Crippen LogP contribution in [0.15, 0.2) is 29.0 Å². The molecular weight excluding hydrogens is 371 g/mol. The number of aromatic nitrogens is 2. The van der Waals surface area contributed by atoms with Crippen LogP contribution in [-0.2, 0) is 0 Å². The number of hydrogen-bond donors (Lipinski definition) is 0. The van der Waals surface area contributed by atoms with Gasteiger partial charge in [0, 0.05) is 6.07 Å². The molecule has 9 nitrogen and oxygen atoms in total. The molecule has 0 atom stereocenters. The molecule has 11 heteroatoms.